The normalized spacial score (nSPS) is 29.8. The van der Waals surface area contributed by atoms with Gasteiger partial charge in [0.05, 0.1) is 0 Å². The van der Waals surface area contributed by atoms with Gasteiger partial charge in [0.2, 0.25) is 0 Å². The highest BCUT2D eigenvalue weighted by molar-refractivity contribution is 5.32. The molecule has 2 unspecified atom stereocenters. The van der Waals surface area contributed by atoms with Gasteiger partial charge in [-0.1, -0.05) is 31.2 Å². The van der Waals surface area contributed by atoms with Gasteiger partial charge in [-0.2, -0.15) is 0 Å². The lowest BCUT2D eigenvalue weighted by Crippen LogP contribution is -2.46. The number of hydrogen-bond acceptors (Lipinski definition) is 2. The first-order valence-electron chi connectivity index (χ1n) is 7.83. The Morgan fingerprint density at radius 1 is 1.11 bits per heavy atom. The number of nitrogens with zero attached hydrogens (tertiary/aromatic N) is 1. The molecule has 3 rings (SSSR count). The summed E-state index contributed by atoms with van der Waals surface area (Å²) in [5.41, 5.74) is 9.48. The van der Waals surface area contributed by atoms with Crippen LogP contribution in [0.3, 0.4) is 0 Å². The van der Waals surface area contributed by atoms with Gasteiger partial charge in [-0.25, -0.2) is 0 Å². The smallest absolute Gasteiger partial charge is 0.0455 e. The summed E-state index contributed by atoms with van der Waals surface area (Å²) in [6.45, 7) is 4.85. The van der Waals surface area contributed by atoms with Gasteiger partial charge in [-0.05, 0) is 62.2 Å². The Morgan fingerprint density at radius 2 is 1.84 bits per heavy atom. The molecule has 2 aliphatic rings. The third kappa shape index (κ3) is 2.70. The summed E-state index contributed by atoms with van der Waals surface area (Å²) in [4.78, 5) is 2.66. The molecule has 1 aromatic carbocycles. The Balaban J connectivity index is 1.79. The maximum Gasteiger partial charge on any atom is 0.0455 e. The van der Waals surface area contributed by atoms with Crippen LogP contribution in [0.2, 0.25) is 0 Å². The molecule has 2 N–H and O–H groups in total. The Kier molecular flexibility index (Phi) is 3.90. The fraction of sp³-hybridized carbons (Fsp3) is 0.647. The van der Waals surface area contributed by atoms with E-state index in [1.165, 1.54) is 56.3 Å². The highest BCUT2D eigenvalue weighted by atomic mass is 15.2. The van der Waals surface area contributed by atoms with Crippen molar-refractivity contribution in [2.24, 2.45) is 11.7 Å². The standard InChI is InChI=1S/C17H26N2/c1-13-9-11-19(12-10-13)16-8-4-6-14-5-2-3-7-15(14)17(16)18/h2-3,5,7,13,16-17H,4,6,8-12,18H2,1H3. The predicted octanol–water partition coefficient (Wildman–Crippen LogP) is 3.12. The van der Waals surface area contributed by atoms with Crippen molar-refractivity contribution in [3.05, 3.63) is 35.4 Å². The maximum absolute atomic E-state index is 6.61. The predicted molar refractivity (Wildman–Crippen MR) is 80.1 cm³/mol. The van der Waals surface area contributed by atoms with Gasteiger partial charge < -0.3 is 5.73 Å². The van der Waals surface area contributed by atoms with Crippen molar-refractivity contribution in [1.82, 2.24) is 4.90 Å². The molecular formula is C17H26N2. The second-order valence-electron chi connectivity index (χ2n) is 6.40. The van der Waals surface area contributed by atoms with E-state index in [2.05, 4.69) is 36.1 Å². The number of nitrogens with two attached hydrogens (primary N) is 1. The van der Waals surface area contributed by atoms with E-state index < -0.39 is 0 Å². The quantitative estimate of drug-likeness (QED) is 0.784. The van der Waals surface area contributed by atoms with Crippen LogP contribution in [0, 0.1) is 5.92 Å². The van der Waals surface area contributed by atoms with E-state index >= 15 is 0 Å². The molecule has 0 amide bonds. The lowest BCUT2D eigenvalue weighted by molar-refractivity contribution is 0.114. The van der Waals surface area contributed by atoms with Crippen LogP contribution in [0.5, 0.6) is 0 Å². The van der Waals surface area contributed by atoms with Gasteiger partial charge >= 0.3 is 0 Å². The molecule has 1 saturated heterocycles. The molecular weight excluding hydrogens is 232 g/mol. The molecule has 2 nitrogen and oxygen atoms in total. The van der Waals surface area contributed by atoms with Crippen LogP contribution in [0.4, 0.5) is 0 Å². The summed E-state index contributed by atoms with van der Waals surface area (Å²) in [6, 6.07) is 9.54. The molecule has 2 heteroatoms. The molecule has 1 fully saturated rings. The molecule has 0 aromatic heterocycles. The third-order valence-electron chi connectivity index (χ3n) is 5.06. The Labute approximate surface area is 117 Å². The van der Waals surface area contributed by atoms with E-state index in [0.29, 0.717) is 6.04 Å². The minimum Gasteiger partial charge on any atom is -0.323 e. The van der Waals surface area contributed by atoms with Crippen LogP contribution in [0.1, 0.15) is 49.8 Å². The largest absolute Gasteiger partial charge is 0.323 e. The third-order valence-corrected chi connectivity index (χ3v) is 5.06. The number of piperidine rings is 1. The minimum absolute atomic E-state index is 0.201. The van der Waals surface area contributed by atoms with Crippen LogP contribution >= 0.6 is 0 Å². The fourth-order valence-corrected chi connectivity index (χ4v) is 3.75. The molecule has 0 bridgehead atoms. The van der Waals surface area contributed by atoms with Gasteiger partial charge in [0.15, 0.2) is 0 Å². The Morgan fingerprint density at radius 3 is 2.63 bits per heavy atom. The van der Waals surface area contributed by atoms with Crippen molar-refractivity contribution in [1.29, 1.82) is 0 Å². The van der Waals surface area contributed by atoms with Crippen molar-refractivity contribution in [2.75, 3.05) is 13.1 Å². The summed E-state index contributed by atoms with van der Waals surface area (Å²) >= 11 is 0. The summed E-state index contributed by atoms with van der Waals surface area (Å²) in [5.74, 6) is 0.894. The van der Waals surface area contributed by atoms with Gasteiger partial charge in [0.25, 0.3) is 0 Å². The molecule has 19 heavy (non-hydrogen) atoms. The van der Waals surface area contributed by atoms with Crippen molar-refractivity contribution in [3.63, 3.8) is 0 Å². The molecule has 104 valence electrons. The van der Waals surface area contributed by atoms with E-state index in [0.717, 1.165) is 5.92 Å². The first-order chi connectivity index (χ1) is 9.25. The van der Waals surface area contributed by atoms with Crippen molar-refractivity contribution < 1.29 is 0 Å². The van der Waals surface area contributed by atoms with Gasteiger partial charge in [-0.15, -0.1) is 0 Å². The second-order valence-corrected chi connectivity index (χ2v) is 6.40. The highest BCUT2D eigenvalue weighted by Gasteiger charge is 2.31. The van der Waals surface area contributed by atoms with Crippen LogP contribution in [-0.4, -0.2) is 24.0 Å². The summed E-state index contributed by atoms with van der Waals surface area (Å²) < 4.78 is 0. The average molecular weight is 258 g/mol. The zero-order chi connectivity index (χ0) is 13.2. The van der Waals surface area contributed by atoms with E-state index in [1.807, 2.05) is 0 Å². The second kappa shape index (κ2) is 5.64. The molecule has 1 aromatic rings. The fourth-order valence-electron chi connectivity index (χ4n) is 3.75. The molecule has 1 aliphatic heterocycles. The van der Waals surface area contributed by atoms with Crippen LogP contribution < -0.4 is 5.73 Å². The molecule has 0 radical (unpaired) electrons. The number of hydrogen-bond donors (Lipinski definition) is 1. The SMILES string of the molecule is CC1CCN(C2CCCc3ccccc3C2N)CC1. The average Bonchev–Trinajstić information content (AvgIpc) is 2.60. The van der Waals surface area contributed by atoms with E-state index in [9.17, 15) is 0 Å². The first kappa shape index (κ1) is 13.1. The Hall–Kier alpha value is -0.860. The lowest BCUT2D eigenvalue weighted by Gasteiger charge is -2.39. The monoisotopic (exact) mass is 258 g/mol. The van der Waals surface area contributed by atoms with Crippen LogP contribution in [0.25, 0.3) is 0 Å². The topological polar surface area (TPSA) is 29.3 Å². The number of benzene rings is 1. The molecule has 2 atom stereocenters. The van der Waals surface area contributed by atoms with E-state index in [4.69, 9.17) is 5.73 Å². The minimum atomic E-state index is 0.201. The van der Waals surface area contributed by atoms with Crippen molar-refractivity contribution in [2.45, 2.75) is 51.1 Å². The van der Waals surface area contributed by atoms with Crippen molar-refractivity contribution >= 4 is 0 Å². The summed E-state index contributed by atoms with van der Waals surface area (Å²) in [7, 11) is 0. The van der Waals surface area contributed by atoms with E-state index in [-0.39, 0.29) is 6.04 Å². The zero-order valence-electron chi connectivity index (χ0n) is 12.0. The zero-order valence-corrected chi connectivity index (χ0v) is 12.0. The maximum atomic E-state index is 6.61. The molecule has 0 spiro atoms. The molecule has 1 aliphatic carbocycles. The Bertz CT molecular complexity index is 421. The summed E-state index contributed by atoms with van der Waals surface area (Å²) in [5, 5.41) is 0. The van der Waals surface area contributed by atoms with Crippen molar-refractivity contribution in [3.8, 4) is 0 Å². The summed E-state index contributed by atoms with van der Waals surface area (Å²) in [6.07, 6.45) is 6.41. The number of aryl methyl sites for hydroxylation is 1. The van der Waals surface area contributed by atoms with Crippen LogP contribution in [0.15, 0.2) is 24.3 Å². The van der Waals surface area contributed by atoms with Gasteiger partial charge in [0, 0.05) is 12.1 Å². The first-order valence-corrected chi connectivity index (χ1v) is 7.83. The van der Waals surface area contributed by atoms with Gasteiger partial charge in [0.1, 0.15) is 0 Å². The lowest BCUT2D eigenvalue weighted by atomic mass is 9.92. The number of likely N-dealkylation sites (tertiary alicyclic amines) is 1. The molecule has 0 saturated carbocycles. The number of rotatable bonds is 1. The number of fused-ring (bicyclic) bond motifs is 1. The van der Waals surface area contributed by atoms with E-state index in [1.54, 1.807) is 0 Å². The molecule has 1 heterocycles. The van der Waals surface area contributed by atoms with Gasteiger partial charge in [-0.3, -0.25) is 4.90 Å². The highest BCUT2D eigenvalue weighted by Crippen LogP contribution is 2.32. The van der Waals surface area contributed by atoms with Crippen LogP contribution in [-0.2, 0) is 6.42 Å².